The van der Waals surface area contributed by atoms with Gasteiger partial charge in [0.05, 0.1) is 0 Å². The molecule has 0 saturated heterocycles. The lowest BCUT2D eigenvalue weighted by Crippen LogP contribution is -2.23. The average molecular weight is 201 g/mol. The van der Waals surface area contributed by atoms with Crippen LogP contribution in [0.2, 0.25) is 0 Å². The Labute approximate surface area is 81.1 Å². The van der Waals surface area contributed by atoms with Gasteiger partial charge >= 0.3 is 0 Å². The first kappa shape index (κ1) is 10.7. The van der Waals surface area contributed by atoms with Crippen molar-refractivity contribution in [2.45, 2.75) is 6.29 Å². The van der Waals surface area contributed by atoms with E-state index in [0.29, 0.717) is 5.69 Å². The molecule has 0 spiro atoms. The van der Waals surface area contributed by atoms with Crippen LogP contribution in [0.1, 0.15) is 0 Å². The second-order valence-corrected chi connectivity index (χ2v) is 2.66. The van der Waals surface area contributed by atoms with Crippen LogP contribution in [0.25, 0.3) is 0 Å². The van der Waals surface area contributed by atoms with Gasteiger partial charge in [0.2, 0.25) is 6.29 Å². The second kappa shape index (κ2) is 4.78. The van der Waals surface area contributed by atoms with E-state index in [2.05, 4.69) is 0 Å². The van der Waals surface area contributed by atoms with E-state index in [4.69, 9.17) is 20.3 Å². The maximum atomic E-state index is 13.1. The fourth-order valence-corrected chi connectivity index (χ4v) is 0.914. The van der Waals surface area contributed by atoms with Crippen LogP contribution >= 0.6 is 0 Å². The maximum absolute atomic E-state index is 13.1. The lowest BCUT2D eigenvalue weighted by molar-refractivity contribution is -0.0857. The number of halogens is 1. The molecule has 0 bridgehead atoms. The Bertz CT molecular complexity index is 302. The van der Waals surface area contributed by atoms with E-state index in [9.17, 15) is 4.39 Å². The van der Waals surface area contributed by atoms with Crippen LogP contribution < -0.4 is 10.5 Å². The van der Waals surface area contributed by atoms with Crippen LogP contribution in [0.4, 0.5) is 10.1 Å². The molecule has 1 atom stereocenters. The van der Waals surface area contributed by atoms with Crippen molar-refractivity contribution in [1.82, 2.24) is 0 Å². The monoisotopic (exact) mass is 201 g/mol. The molecule has 0 radical (unpaired) electrons. The van der Waals surface area contributed by atoms with E-state index in [-0.39, 0.29) is 12.4 Å². The minimum Gasteiger partial charge on any atom is -0.459 e. The molecule has 0 aliphatic heterocycles. The quantitative estimate of drug-likeness (QED) is 0.557. The summed E-state index contributed by atoms with van der Waals surface area (Å²) in [5, 5.41) is 8.74. The number of ether oxygens (including phenoxy) is 2. The number of benzene rings is 1. The molecule has 1 unspecified atom stereocenters. The first-order valence-electron chi connectivity index (χ1n) is 4.02. The normalized spacial score (nSPS) is 12.5. The molecule has 0 saturated carbocycles. The summed E-state index contributed by atoms with van der Waals surface area (Å²) in [7, 11) is 1.36. The first-order chi connectivity index (χ1) is 6.67. The molecule has 4 nitrogen and oxygen atoms in total. The van der Waals surface area contributed by atoms with Gasteiger partial charge in [-0.15, -0.1) is 0 Å². The van der Waals surface area contributed by atoms with Gasteiger partial charge in [0.1, 0.15) is 6.61 Å². The molecule has 0 aliphatic rings. The zero-order valence-electron chi connectivity index (χ0n) is 7.74. The molecule has 3 N–H and O–H groups in total. The molecule has 0 aromatic heterocycles. The Hall–Kier alpha value is -1.33. The lowest BCUT2D eigenvalue weighted by atomic mass is 10.3. The molecule has 0 amide bonds. The SMILES string of the molecule is COC(CO)Oc1ccc(N)cc1F. The minimum atomic E-state index is -0.867. The van der Waals surface area contributed by atoms with Crippen LogP contribution in [-0.2, 0) is 4.74 Å². The fraction of sp³-hybridized carbons (Fsp3) is 0.333. The van der Waals surface area contributed by atoms with Gasteiger partial charge in [-0.2, -0.15) is 0 Å². The number of aliphatic hydroxyl groups excluding tert-OH is 1. The Kier molecular flexibility index (Phi) is 3.67. The number of anilines is 1. The summed E-state index contributed by atoms with van der Waals surface area (Å²) in [4.78, 5) is 0. The van der Waals surface area contributed by atoms with Crippen molar-refractivity contribution in [2.24, 2.45) is 0 Å². The molecule has 5 heteroatoms. The van der Waals surface area contributed by atoms with Gasteiger partial charge in [0, 0.05) is 18.9 Å². The molecular weight excluding hydrogens is 189 g/mol. The number of methoxy groups -OCH3 is 1. The Balaban J connectivity index is 2.76. The van der Waals surface area contributed by atoms with Crippen molar-refractivity contribution in [3.63, 3.8) is 0 Å². The fourth-order valence-electron chi connectivity index (χ4n) is 0.914. The topological polar surface area (TPSA) is 64.7 Å². The Morgan fingerprint density at radius 3 is 2.79 bits per heavy atom. The molecular formula is C9H12FNO3. The highest BCUT2D eigenvalue weighted by Gasteiger charge is 2.10. The van der Waals surface area contributed by atoms with E-state index < -0.39 is 12.1 Å². The maximum Gasteiger partial charge on any atom is 0.223 e. The third kappa shape index (κ3) is 2.58. The smallest absolute Gasteiger partial charge is 0.223 e. The number of nitrogen functional groups attached to an aromatic ring is 1. The summed E-state index contributed by atoms with van der Waals surface area (Å²) in [5.74, 6) is -0.583. The summed E-state index contributed by atoms with van der Waals surface area (Å²) in [6.07, 6.45) is -0.867. The molecule has 0 aliphatic carbocycles. The average Bonchev–Trinajstić information content (AvgIpc) is 2.17. The van der Waals surface area contributed by atoms with Crippen LogP contribution in [0.5, 0.6) is 5.75 Å². The number of rotatable bonds is 4. The summed E-state index contributed by atoms with van der Waals surface area (Å²) in [6.45, 7) is -0.347. The summed E-state index contributed by atoms with van der Waals surface area (Å²) >= 11 is 0. The number of aliphatic hydroxyl groups is 1. The van der Waals surface area contributed by atoms with Crippen molar-refractivity contribution in [2.75, 3.05) is 19.5 Å². The zero-order chi connectivity index (χ0) is 10.6. The van der Waals surface area contributed by atoms with Gasteiger partial charge in [-0.1, -0.05) is 0 Å². The molecule has 1 aromatic carbocycles. The van der Waals surface area contributed by atoms with Crippen LogP contribution in [0, 0.1) is 5.82 Å². The minimum absolute atomic E-state index is 0.0000926. The van der Waals surface area contributed by atoms with Gasteiger partial charge in [0.25, 0.3) is 0 Å². The standard InChI is InChI=1S/C9H12FNO3/c1-13-9(5-12)14-8-3-2-6(11)4-7(8)10/h2-4,9,12H,5,11H2,1H3. The Morgan fingerprint density at radius 1 is 1.57 bits per heavy atom. The number of hydrogen-bond donors (Lipinski definition) is 2. The number of nitrogens with two attached hydrogens (primary N) is 1. The van der Waals surface area contributed by atoms with E-state index in [0.717, 1.165) is 6.07 Å². The van der Waals surface area contributed by atoms with E-state index in [1.807, 2.05) is 0 Å². The molecule has 0 fully saturated rings. The van der Waals surface area contributed by atoms with Crippen LogP contribution in [0.3, 0.4) is 0 Å². The van der Waals surface area contributed by atoms with Gasteiger partial charge in [-0.05, 0) is 12.1 Å². The third-order valence-electron chi connectivity index (χ3n) is 1.63. The second-order valence-electron chi connectivity index (χ2n) is 2.66. The van der Waals surface area contributed by atoms with Gasteiger partial charge in [-0.3, -0.25) is 0 Å². The summed E-state index contributed by atoms with van der Waals surface area (Å²) in [5.41, 5.74) is 5.66. The first-order valence-corrected chi connectivity index (χ1v) is 4.02. The molecule has 78 valence electrons. The van der Waals surface area contributed by atoms with E-state index >= 15 is 0 Å². The predicted molar refractivity (Wildman–Crippen MR) is 49.3 cm³/mol. The van der Waals surface area contributed by atoms with E-state index in [1.54, 1.807) is 0 Å². The highest BCUT2D eigenvalue weighted by atomic mass is 19.1. The molecule has 14 heavy (non-hydrogen) atoms. The predicted octanol–water partition coefficient (Wildman–Crippen LogP) is 0.752. The van der Waals surface area contributed by atoms with Gasteiger partial charge in [0.15, 0.2) is 11.6 Å². The summed E-state index contributed by atoms with van der Waals surface area (Å²) in [6, 6.07) is 4.02. The highest BCUT2D eigenvalue weighted by molar-refractivity contribution is 5.42. The van der Waals surface area contributed by atoms with Crippen molar-refractivity contribution < 1.29 is 19.0 Å². The highest BCUT2D eigenvalue weighted by Crippen LogP contribution is 2.20. The largest absolute Gasteiger partial charge is 0.459 e. The van der Waals surface area contributed by atoms with Gasteiger partial charge in [-0.25, -0.2) is 4.39 Å². The molecule has 1 aromatic rings. The van der Waals surface area contributed by atoms with Crippen molar-refractivity contribution in [3.8, 4) is 5.75 Å². The van der Waals surface area contributed by atoms with Crippen molar-refractivity contribution in [3.05, 3.63) is 24.0 Å². The molecule has 0 heterocycles. The van der Waals surface area contributed by atoms with Crippen LogP contribution in [0.15, 0.2) is 18.2 Å². The Morgan fingerprint density at radius 2 is 2.29 bits per heavy atom. The lowest BCUT2D eigenvalue weighted by Gasteiger charge is -2.15. The van der Waals surface area contributed by atoms with Gasteiger partial charge < -0.3 is 20.3 Å². The summed E-state index contributed by atoms with van der Waals surface area (Å²) < 4.78 is 22.9. The molecule has 1 rings (SSSR count). The zero-order valence-corrected chi connectivity index (χ0v) is 7.74. The van der Waals surface area contributed by atoms with Crippen molar-refractivity contribution in [1.29, 1.82) is 0 Å². The third-order valence-corrected chi connectivity index (χ3v) is 1.63. The van der Waals surface area contributed by atoms with E-state index in [1.165, 1.54) is 19.2 Å². The van der Waals surface area contributed by atoms with Crippen LogP contribution in [-0.4, -0.2) is 25.1 Å². The van der Waals surface area contributed by atoms with Crippen molar-refractivity contribution >= 4 is 5.69 Å². The number of hydrogen-bond acceptors (Lipinski definition) is 4.